The van der Waals surface area contributed by atoms with Crippen LogP contribution in [-0.4, -0.2) is 43.8 Å². The minimum absolute atomic E-state index is 0.0917. The maximum Gasteiger partial charge on any atom is 0.257 e. The van der Waals surface area contributed by atoms with Crippen LogP contribution in [-0.2, 0) is 4.74 Å². The van der Waals surface area contributed by atoms with Gasteiger partial charge in [0.15, 0.2) is 5.11 Å². The number of rotatable bonds is 11. The van der Waals surface area contributed by atoms with Gasteiger partial charge in [0.1, 0.15) is 5.75 Å². The predicted molar refractivity (Wildman–Crippen MR) is 134 cm³/mol. The highest BCUT2D eigenvalue weighted by molar-refractivity contribution is 9.10. The minimum atomic E-state index is -0.371. The maximum atomic E-state index is 12.6. The van der Waals surface area contributed by atoms with Gasteiger partial charge in [-0.1, -0.05) is 25.5 Å². The van der Waals surface area contributed by atoms with E-state index in [0.717, 1.165) is 12.8 Å². The van der Waals surface area contributed by atoms with Crippen LogP contribution >= 0.6 is 28.1 Å². The third kappa shape index (κ3) is 8.22. The summed E-state index contributed by atoms with van der Waals surface area (Å²) in [6.07, 6.45) is 2.72. The van der Waals surface area contributed by atoms with Crippen molar-refractivity contribution in [3.05, 3.63) is 58.1 Å². The van der Waals surface area contributed by atoms with Crippen molar-refractivity contribution in [3.8, 4) is 5.75 Å². The van der Waals surface area contributed by atoms with Crippen molar-refractivity contribution in [1.29, 1.82) is 0 Å². The van der Waals surface area contributed by atoms with Crippen LogP contribution in [0.25, 0.3) is 0 Å². The number of thiocarbonyl (C=S) groups is 1. The van der Waals surface area contributed by atoms with Crippen LogP contribution in [0.15, 0.2) is 46.9 Å². The fourth-order valence-electron chi connectivity index (χ4n) is 2.72. The Morgan fingerprint density at radius 2 is 1.84 bits per heavy atom. The molecule has 0 aliphatic heterocycles. The van der Waals surface area contributed by atoms with E-state index in [1.54, 1.807) is 49.6 Å². The zero-order valence-electron chi connectivity index (χ0n) is 18.2. The number of para-hydroxylation sites is 1. The molecule has 3 N–H and O–H groups in total. The highest BCUT2D eigenvalue weighted by Gasteiger charge is 2.14. The van der Waals surface area contributed by atoms with Crippen molar-refractivity contribution in [2.45, 2.75) is 26.2 Å². The van der Waals surface area contributed by atoms with E-state index in [-0.39, 0.29) is 16.9 Å². The van der Waals surface area contributed by atoms with Gasteiger partial charge in [-0.05, 0) is 71.3 Å². The molecule has 0 bridgehead atoms. The van der Waals surface area contributed by atoms with Gasteiger partial charge >= 0.3 is 0 Å². The molecule has 32 heavy (non-hydrogen) atoms. The lowest BCUT2D eigenvalue weighted by molar-refractivity contribution is 0.0947. The number of hydrogen-bond donors (Lipinski definition) is 3. The first-order chi connectivity index (χ1) is 15.5. The monoisotopic (exact) mass is 521 g/mol. The standard InChI is InChI=1S/C23H28BrN3O4S/c1-3-4-14-31-20-11-10-16(15-18(20)24)21(28)27-23(32)26-19-9-6-5-8-17(19)22(29)25-12-7-13-30-2/h5-6,8-11,15H,3-4,7,12-14H2,1-2H3,(H,25,29)(H2,26,27,28,32). The topological polar surface area (TPSA) is 88.7 Å². The van der Waals surface area contributed by atoms with Crippen LogP contribution in [0, 0.1) is 0 Å². The molecule has 0 spiro atoms. The van der Waals surface area contributed by atoms with E-state index in [0.29, 0.717) is 53.2 Å². The first-order valence-electron chi connectivity index (χ1n) is 10.4. The maximum absolute atomic E-state index is 12.6. The summed E-state index contributed by atoms with van der Waals surface area (Å²) in [5.41, 5.74) is 1.36. The lowest BCUT2D eigenvalue weighted by Gasteiger charge is -2.14. The fourth-order valence-corrected chi connectivity index (χ4v) is 3.41. The van der Waals surface area contributed by atoms with Gasteiger partial charge in [0.2, 0.25) is 0 Å². The zero-order valence-corrected chi connectivity index (χ0v) is 20.6. The molecule has 0 fully saturated rings. The number of ether oxygens (including phenoxy) is 2. The third-order valence-electron chi connectivity index (χ3n) is 4.41. The van der Waals surface area contributed by atoms with Crippen LogP contribution in [0.2, 0.25) is 0 Å². The summed E-state index contributed by atoms with van der Waals surface area (Å²) in [6.45, 7) is 3.78. The smallest absolute Gasteiger partial charge is 0.257 e. The SMILES string of the molecule is CCCCOc1ccc(C(=O)NC(=S)Nc2ccccc2C(=O)NCCCOC)cc1Br. The molecule has 0 saturated carbocycles. The molecule has 0 aromatic heterocycles. The summed E-state index contributed by atoms with van der Waals surface area (Å²) >= 11 is 8.72. The van der Waals surface area contributed by atoms with Gasteiger partial charge < -0.3 is 20.1 Å². The lowest BCUT2D eigenvalue weighted by Crippen LogP contribution is -2.35. The van der Waals surface area contributed by atoms with Crippen LogP contribution in [0.4, 0.5) is 5.69 Å². The first kappa shape index (κ1) is 25.8. The van der Waals surface area contributed by atoms with Gasteiger partial charge in [0.05, 0.1) is 22.3 Å². The quantitative estimate of drug-likeness (QED) is 0.297. The Bertz CT molecular complexity index is 939. The molecule has 2 aromatic carbocycles. The van der Waals surface area contributed by atoms with Gasteiger partial charge in [-0.15, -0.1) is 0 Å². The highest BCUT2D eigenvalue weighted by atomic mass is 79.9. The molecule has 2 aromatic rings. The molecule has 0 unspecified atom stereocenters. The lowest BCUT2D eigenvalue weighted by atomic mass is 10.1. The Balaban J connectivity index is 1.97. The molecule has 2 rings (SSSR count). The second-order valence-corrected chi connectivity index (χ2v) is 8.17. The minimum Gasteiger partial charge on any atom is -0.492 e. The van der Waals surface area contributed by atoms with Gasteiger partial charge in [0.25, 0.3) is 11.8 Å². The first-order valence-corrected chi connectivity index (χ1v) is 11.6. The molecular formula is C23H28BrN3O4S. The Kier molecular flexibility index (Phi) is 11.1. The van der Waals surface area contributed by atoms with E-state index in [2.05, 4.69) is 38.8 Å². The van der Waals surface area contributed by atoms with E-state index in [4.69, 9.17) is 21.7 Å². The molecular weight excluding hydrogens is 494 g/mol. The molecule has 0 saturated heterocycles. The van der Waals surface area contributed by atoms with Crippen molar-refractivity contribution in [3.63, 3.8) is 0 Å². The second-order valence-electron chi connectivity index (χ2n) is 6.90. The number of benzene rings is 2. The number of anilines is 1. The summed E-state index contributed by atoms with van der Waals surface area (Å²) in [5.74, 6) is 0.0758. The Labute approximate surface area is 202 Å². The number of unbranched alkanes of at least 4 members (excludes halogenated alkanes) is 1. The molecule has 7 nitrogen and oxygen atoms in total. The number of nitrogens with one attached hydrogen (secondary N) is 3. The fraction of sp³-hybridized carbons (Fsp3) is 0.348. The summed E-state index contributed by atoms with van der Waals surface area (Å²) < 4.78 is 11.4. The molecule has 9 heteroatoms. The normalized spacial score (nSPS) is 10.3. The Morgan fingerprint density at radius 3 is 2.56 bits per heavy atom. The van der Waals surface area contributed by atoms with Gasteiger partial charge in [-0.25, -0.2) is 0 Å². The van der Waals surface area contributed by atoms with Crippen molar-refractivity contribution in [2.75, 3.05) is 32.2 Å². The van der Waals surface area contributed by atoms with Crippen LogP contribution < -0.4 is 20.7 Å². The third-order valence-corrected chi connectivity index (χ3v) is 5.23. The summed E-state index contributed by atoms with van der Waals surface area (Å²) in [6, 6.07) is 12.1. The van der Waals surface area contributed by atoms with Crippen LogP contribution in [0.1, 0.15) is 46.9 Å². The number of amides is 2. The van der Waals surface area contributed by atoms with E-state index in [9.17, 15) is 9.59 Å². The Hall–Kier alpha value is -2.49. The number of hydrogen-bond acceptors (Lipinski definition) is 5. The van der Waals surface area contributed by atoms with Crippen molar-refractivity contribution >= 4 is 50.8 Å². The molecule has 0 aliphatic rings. The Morgan fingerprint density at radius 1 is 1.06 bits per heavy atom. The number of halogens is 1. The summed E-state index contributed by atoms with van der Waals surface area (Å²) in [7, 11) is 1.62. The van der Waals surface area contributed by atoms with Crippen LogP contribution in [0.5, 0.6) is 5.75 Å². The average molecular weight is 522 g/mol. The highest BCUT2D eigenvalue weighted by Crippen LogP contribution is 2.26. The molecule has 172 valence electrons. The largest absolute Gasteiger partial charge is 0.492 e. The molecule has 2 amide bonds. The molecule has 0 radical (unpaired) electrons. The van der Waals surface area contributed by atoms with Crippen molar-refractivity contribution in [1.82, 2.24) is 10.6 Å². The van der Waals surface area contributed by atoms with E-state index < -0.39 is 0 Å². The molecule has 0 atom stereocenters. The summed E-state index contributed by atoms with van der Waals surface area (Å²) in [5, 5.41) is 8.50. The van der Waals surface area contributed by atoms with Gasteiger partial charge in [-0.2, -0.15) is 0 Å². The van der Waals surface area contributed by atoms with Gasteiger partial charge in [0, 0.05) is 25.8 Å². The zero-order chi connectivity index (χ0) is 23.3. The second kappa shape index (κ2) is 13.8. The van der Waals surface area contributed by atoms with Crippen molar-refractivity contribution in [2.24, 2.45) is 0 Å². The van der Waals surface area contributed by atoms with Gasteiger partial charge in [-0.3, -0.25) is 14.9 Å². The summed E-state index contributed by atoms with van der Waals surface area (Å²) in [4.78, 5) is 25.1. The van der Waals surface area contributed by atoms with E-state index >= 15 is 0 Å². The number of methoxy groups -OCH3 is 1. The van der Waals surface area contributed by atoms with E-state index in [1.807, 2.05) is 0 Å². The van der Waals surface area contributed by atoms with Crippen LogP contribution in [0.3, 0.4) is 0 Å². The number of carbonyl (C=O) groups excluding carboxylic acids is 2. The molecule has 0 heterocycles. The predicted octanol–water partition coefficient (Wildman–Crippen LogP) is 4.52. The number of carbonyl (C=O) groups is 2. The van der Waals surface area contributed by atoms with Crippen molar-refractivity contribution < 1.29 is 19.1 Å². The molecule has 0 aliphatic carbocycles. The average Bonchev–Trinajstić information content (AvgIpc) is 2.78. The van der Waals surface area contributed by atoms with E-state index in [1.165, 1.54) is 0 Å².